The Hall–Kier alpha value is -2.82. The Balaban J connectivity index is 1.60. The SMILES string of the molecule is Cc1nc2cc(NCc3cnn4ccccc34)ccc2o1. The molecule has 0 aliphatic heterocycles. The summed E-state index contributed by atoms with van der Waals surface area (Å²) >= 11 is 0. The molecule has 5 nitrogen and oxygen atoms in total. The van der Waals surface area contributed by atoms with Crippen LogP contribution in [0.1, 0.15) is 11.5 Å². The molecular formula is C16H14N4O. The van der Waals surface area contributed by atoms with E-state index in [0.717, 1.165) is 34.4 Å². The lowest BCUT2D eigenvalue weighted by Crippen LogP contribution is -1.98. The molecule has 0 amide bonds. The van der Waals surface area contributed by atoms with Crippen LogP contribution in [0.3, 0.4) is 0 Å². The van der Waals surface area contributed by atoms with Crippen LogP contribution in [-0.4, -0.2) is 14.6 Å². The number of aryl methyl sites for hydroxylation is 1. The van der Waals surface area contributed by atoms with Crippen molar-refractivity contribution in [2.24, 2.45) is 0 Å². The van der Waals surface area contributed by atoms with Crippen LogP contribution in [0.15, 0.2) is 53.2 Å². The van der Waals surface area contributed by atoms with Gasteiger partial charge in [-0.25, -0.2) is 9.50 Å². The second-order valence-electron chi connectivity index (χ2n) is 4.97. The number of nitrogens with zero attached hydrogens (tertiary/aromatic N) is 3. The van der Waals surface area contributed by atoms with Crippen LogP contribution in [-0.2, 0) is 6.54 Å². The minimum absolute atomic E-state index is 0.685. The molecule has 0 unspecified atom stereocenters. The summed E-state index contributed by atoms with van der Waals surface area (Å²) in [7, 11) is 0. The number of fused-ring (bicyclic) bond motifs is 2. The zero-order chi connectivity index (χ0) is 14.2. The summed E-state index contributed by atoms with van der Waals surface area (Å²) in [5.41, 5.74) is 4.98. The molecule has 0 atom stereocenters. The molecule has 5 heteroatoms. The van der Waals surface area contributed by atoms with E-state index in [1.807, 2.05) is 54.2 Å². The van der Waals surface area contributed by atoms with Gasteiger partial charge in [-0.3, -0.25) is 0 Å². The average molecular weight is 278 g/mol. The Bertz CT molecular complexity index is 922. The quantitative estimate of drug-likeness (QED) is 0.624. The maximum atomic E-state index is 5.48. The molecule has 1 N–H and O–H groups in total. The molecule has 104 valence electrons. The summed E-state index contributed by atoms with van der Waals surface area (Å²) < 4.78 is 7.35. The zero-order valence-electron chi connectivity index (χ0n) is 11.6. The number of oxazole rings is 1. The van der Waals surface area contributed by atoms with Crippen molar-refractivity contribution in [1.82, 2.24) is 14.6 Å². The van der Waals surface area contributed by atoms with E-state index in [2.05, 4.69) is 21.5 Å². The molecule has 1 aromatic carbocycles. The third-order valence-corrected chi connectivity index (χ3v) is 3.48. The van der Waals surface area contributed by atoms with Gasteiger partial charge >= 0.3 is 0 Å². The van der Waals surface area contributed by atoms with Crippen LogP contribution in [0, 0.1) is 6.92 Å². The Morgan fingerprint density at radius 3 is 3.14 bits per heavy atom. The number of pyridine rings is 1. The monoisotopic (exact) mass is 278 g/mol. The molecule has 0 saturated heterocycles. The number of benzene rings is 1. The Morgan fingerprint density at radius 1 is 1.24 bits per heavy atom. The van der Waals surface area contributed by atoms with Gasteiger partial charge in [0.1, 0.15) is 5.52 Å². The van der Waals surface area contributed by atoms with Gasteiger partial charge in [-0.05, 0) is 30.3 Å². The molecule has 21 heavy (non-hydrogen) atoms. The van der Waals surface area contributed by atoms with E-state index in [0.29, 0.717) is 5.89 Å². The first kappa shape index (κ1) is 12.0. The van der Waals surface area contributed by atoms with Gasteiger partial charge < -0.3 is 9.73 Å². The zero-order valence-corrected chi connectivity index (χ0v) is 11.6. The number of anilines is 1. The van der Waals surface area contributed by atoms with E-state index in [1.165, 1.54) is 0 Å². The smallest absolute Gasteiger partial charge is 0.192 e. The van der Waals surface area contributed by atoms with Crippen LogP contribution in [0.5, 0.6) is 0 Å². The highest BCUT2D eigenvalue weighted by Gasteiger charge is 2.05. The summed E-state index contributed by atoms with van der Waals surface area (Å²) in [6.45, 7) is 2.57. The molecule has 3 heterocycles. The van der Waals surface area contributed by atoms with Gasteiger partial charge in [0, 0.05) is 30.9 Å². The summed E-state index contributed by atoms with van der Waals surface area (Å²) in [5.74, 6) is 0.685. The molecule has 0 aliphatic rings. The van der Waals surface area contributed by atoms with Gasteiger partial charge in [0.15, 0.2) is 11.5 Å². The highest BCUT2D eigenvalue weighted by Crippen LogP contribution is 2.20. The fraction of sp³-hybridized carbons (Fsp3) is 0.125. The molecule has 4 rings (SSSR count). The van der Waals surface area contributed by atoms with Crippen molar-refractivity contribution < 1.29 is 4.42 Å². The molecule has 0 bridgehead atoms. The predicted octanol–water partition coefficient (Wildman–Crippen LogP) is 3.40. The minimum atomic E-state index is 0.685. The molecular weight excluding hydrogens is 264 g/mol. The van der Waals surface area contributed by atoms with Gasteiger partial charge in [0.05, 0.1) is 11.7 Å². The third kappa shape index (κ3) is 2.12. The largest absolute Gasteiger partial charge is 0.441 e. The number of rotatable bonds is 3. The van der Waals surface area contributed by atoms with Crippen LogP contribution in [0.4, 0.5) is 5.69 Å². The number of hydrogen-bond acceptors (Lipinski definition) is 4. The van der Waals surface area contributed by atoms with Crippen molar-refractivity contribution in [3.05, 3.63) is 60.2 Å². The minimum Gasteiger partial charge on any atom is -0.441 e. The lowest BCUT2D eigenvalue weighted by Gasteiger charge is -2.05. The summed E-state index contributed by atoms with van der Waals surface area (Å²) in [5, 5.41) is 7.74. The average Bonchev–Trinajstić information content (AvgIpc) is 3.07. The van der Waals surface area contributed by atoms with Crippen molar-refractivity contribution in [1.29, 1.82) is 0 Å². The molecule has 0 radical (unpaired) electrons. The molecule has 0 aliphatic carbocycles. The number of nitrogens with one attached hydrogen (secondary N) is 1. The van der Waals surface area contributed by atoms with Crippen LogP contribution in [0.25, 0.3) is 16.6 Å². The fourth-order valence-corrected chi connectivity index (χ4v) is 2.47. The second-order valence-corrected chi connectivity index (χ2v) is 4.97. The first-order valence-corrected chi connectivity index (χ1v) is 6.82. The van der Waals surface area contributed by atoms with Crippen molar-refractivity contribution in [3.8, 4) is 0 Å². The van der Waals surface area contributed by atoms with Crippen molar-refractivity contribution in [2.75, 3.05) is 5.32 Å². The predicted molar refractivity (Wildman–Crippen MR) is 81.3 cm³/mol. The summed E-state index contributed by atoms with van der Waals surface area (Å²) in [4.78, 5) is 4.35. The second kappa shape index (κ2) is 4.63. The lowest BCUT2D eigenvalue weighted by atomic mass is 10.2. The standard InChI is InChI=1S/C16H14N4O/c1-11-19-14-8-13(5-6-16(14)21-11)17-9-12-10-18-20-7-3-2-4-15(12)20/h2-8,10,17H,9H2,1H3. The highest BCUT2D eigenvalue weighted by molar-refractivity contribution is 5.77. The number of hydrogen-bond donors (Lipinski definition) is 1. The van der Waals surface area contributed by atoms with Crippen molar-refractivity contribution in [3.63, 3.8) is 0 Å². The van der Waals surface area contributed by atoms with E-state index < -0.39 is 0 Å². The molecule has 4 aromatic rings. The molecule has 0 fully saturated rings. The highest BCUT2D eigenvalue weighted by atomic mass is 16.3. The van der Waals surface area contributed by atoms with Gasteiger partial charge in [-0.1, -0.05) is 6.07 Å². The van der Waals surface area contributed by atoms with Gasteiger partial charge in [0.25, 0.3) is 0 Å². The summed E-state index contributed by atoms with van der Waals surface area (Å²) in [6, 6.07) is 12.0. The maximum Gasteiger partial charge on any atom is 0.192 e. The Morgan fingerprint density at radius 2 is 2.19 bits per heavy atom. The van der Waals surface area contributed by atoms with Crippen LogP contribution < -0.4 is 5.32 Å². The number of aromatic nitrogens is 3. The van der Waals surface area contributed by atoms with E-state index >= 15 is 0 Å². The maximum absolute atomic E-state index is 5.48. The van der Waals surface area contributed by atoms with Gasteiger partial charge in [0.2, 0.25) is 0 Å². The van der Waals surface area contributed by atoms with E-state index in [9.17, 15) is 0 Å². The fourth-order valence-electron chi connectivity index (χ4n) is 2.47. The van der Waals surface area contributed by atoms with E-state index in [1.54, 1.807) is 0 Å². The van der Waals surface area contributed by atoms with Crippen LogP contribution >= 0.6 is 0 Å². The van der Waals surface area contributed by atoms with E-state index in [-0.39, 0.29) is 0 Å². The third-order valence-electron chi connectivity index (χ3n) is 3.48. The first-order chi connectivity index (χ1) is 10.3. The first-order valence-electron chi connectivity index (χ1n) is 6.82. The lowest BCUT2D eigenvalue weighted by molar-refractivity contribution is 0.561. The normalized spacial score (nSPS) is 11.3. The van der Waals surface area contributed by atoms with Crippen LogP contribution in [0.2, 0.25) is 0 Å². The van der Waals surface area contributed by atoms with Crippen molar-refractivity contribution >= 4 is 22.3 Å². The molecule has 0 spiro atoms. The van der Waals surface area contributed by atoms with Crippen molar-refractivity contribution in [2.45, 2.75) is 13.5 Å². The van der Waals surface area contributed by atoms with E-state index in [4.69, 9.17) is 4.42 Å². The Kier molecular flexibility index (Phi) is 2.64. The molecule has 0 saturated carbocycles. The van der Waals surface area contributed by atoms with Gasteiger partial charge in [-0.15, -0.1) is 0 Å². The Labute approximate surface area is 121 Å². The molecule has 3 aromatic heterocycles. The van der Waals surface area contributed by atoms with Gasteiger partial charge in [-0.2, -0.15) is 5.10 Å². The topological polar surface area (TPSA) is 55.4 Å². The summed E-state index contributed by atoms with van der Waals surface area (Å²) in [6.07, 6.45) is 3.84.